The van der Waals surface area contributed by atoms with Crippen LogP contribution in [0.3, 0.4) is 0 Å². The zero-order valence-electron chi connectivity index (χ0n) is 12.0. The van der Waals surface area contributed by atoms with Crippen molar-refractivity contribution in [2.45, 2.75) is 12.5 Å². The van der Waals surface area contributed by atoms with E-state index < -0.39 is 24.5 Å². The zero-order valence-corrected chi connectivity index (χ0v) is 12.0. The number of aliphatic hydroxyl groups is 1. The summed E-state index contributed by atoms with van der Waals surface area (Å²) < 4.78 is 19.5. The summed E-state index contributed by atoms with van der Waals surface area (Å²) in [5.74, 6) is -1.60. The number of ether oxygens (including phenoxy) is 4. The van der Waals surface area contributed by atoms with Crippen LogP contribution in [0.4, 0.5) is 0 Å². The molecule has 0 aliphatic rings. The van der Waals surface area contributed by atoms with Gasteiger partial charge >= 0.3 is 11.9 Å². The van der Waals surface area contributed by atoms with Gasteiger partial charge in [-0.2, -0.15) is 0 Å². The maximum Gasteiger partial charge on any atom is 0.335 e. The lowest BCUT2D eigenvalue weighted by molar-refractivity contribution is -0.161. The van der Waals surface area contributed by atoms with Crippen LogP contribution < -0.4 is 0 Å². The molecule has 0 radical (unpaired) electrons. The van der Waals surface area contributed by atoms with Crippen molar-refractivity contribution in [3.05, 3.63) is 25.3 Å². The van der Waals surface area contributed by atoms with Crippen LogP contribution >= 0.6 is 0 Å². The Morgan fingerprint density at radius 1 is 0.952 bits per heavy atom. The Bertz CT molecular complexity index is 327. The van der Waals surface area contributed by atoms with Crippen molar-refractivity contribution in [1.29, 1.82) is 0 Å². The minimum Gasteiger partial charge on any atom is -0.463 e. The molecule has 0 amide bonds. The molecule has 1 atom stereocenters. The topological polar surface area (TPSA) is 91.3 Å². The van der Waals surface area contributed by atoms with E-state index in [-0.39, 0.29) is 26.4 Å². The SMILES string of the molecule is C=CCOCCOC(=O)CC(O)C(=O)OCCOCC=C. The molecule has 0 rings (SSSR count). The third kappa shape index (κ3) is 11.8. The normalized spacial score (nSPS) is 11.5. The van der Waals surface area contributed by atoms with E-state index in [1.165, 1.54) is 0 Å². The van der Waals surface area contributed by atoms with E-state index in [1.807, 2.05) is 0 Å². The average molecular weight is 302 g/mol. The van der Waals surface area contributed by atoms with Gasteiger partial charge < -0.3 is 24.1 Å². The molecule has 7 nitrogen and oxygen atoms in total. The zero-order chi connectivity index (χ0) is 15.9. The summed E-state index contributed by atoms with van der Waals surface area (Å²) in [5.41, 5.74) is 0. The molecular formula is C14H22O7. The second kappa shape index (κ2) is 13.3. The summed E-state index contributed by atoms with van der Waals surface area (Å²) >= 11 is 0. The molecular weight excluding hydrogens is 280 g/mol. The molecule has 1 N–H and O–H groups in total. The molecule has 0 aliphatic heterocycles. The first-order valence-corrected chi connectivity index (χ1v) is 6.49. The Morgan fingerprint density at radius 3 is 2.00 bits per heavy atom. The first-order chi connectivity index (χ1) is 10.1. The highest BCUT2D eigenvalue weighted by molar-refractivity contribution is 5.81. The Kier molecular flexibility index (Phi) is 12.2. The van der Waals surface area contributed by atoms with Crippen molar-refractivity contribution >= 4 is 11.9 Å². The van der Waals surface area contributed by atoms with Crippen LogP contribution in [0, 0.1) is 0 Å². The van der Waals surface area contributed by atoms with E-state index in [2.05, 4.69) is 13.2 Å². The molecule has 1 unspecified atom stereocenters. The summed E-state index contributed by atoms with van der Waals surface area (Å²) in [7, 11) is 0. The number of aliphatic hydroxyl groups excluding tert-OH is 1. The van der Waals surface area contributed by atoms with Crippen LogP contribution in [0.2, 0.25) is 0 Å². The minimum atomic E-state index is -1.55. The lowest BCUT2D eigenvalue weighted by Crippen LogP contribution is -2.28. The van der Waals surface area contributed by atoms with E-state index in [0.717, 1.165) is 0 Å². The maximum absolute atomic E-state index is 11.3. The molecule has 0 spiro atoms. The quantitative estimate of drug-likeness (QED) is 0.296. The van der Waals surface area contributed by atoms with Crippen molar-refractivity contribution in [3.8, 4) is 0 Å². The van der Waals surface area contributed by atoms with E-state index in [9.17, 15) is 14.7 Å². The summed E-state index contributed by atoms with van der Waals surface area (Å²) in [4.78, 5) is 22.6. The fourth-order valence-electron chi connectivity index (χ4n) is 1.15. The average Bonchev–Trinajstić information content (AvgIpc) is 2.46. The number of esters is 2. The maximum atomic E-state index is 11.3. The van der Waals surface area contributed by atoms with Crippen LogP contribution in [-0.2, 0) is 28.5 Å². The summed E-state index contributed by atoms with van der Waals surface area (Å²) in [5, 5.41) is 9.45. The van der Waals surface area contributed by atoms with Gasteiger partial charge in [-0.05, 0) is 0 Å². The Labute approximate surface area is 124 Å². The molecule has 7 heteroatoms. The van der Waals surface area contributed by atoms with Gasteiger partial charge in [-0.1, -0.05) is 12.2 Å². The van der Waals surface area contributed by atoms with Gasteiger partial charge in [0.05, 0.1) is 32.8 Å². The second-order valence-electron chi connectivity index (χ2n) is 3.84. The molecule has 0 aromatic carbocycles. The first kappa shape index (κ1) is 19.3. The predicted octanol–water partition coefficient (Wildman–Crippen LogP) is 0.229. The molecule has 21 heavy (non-hydrogen) atoms. The number of hydrogen-bond donors (Lipinski definition) is 1. The van der Waals surface area contributed by atoms with Gasteiger partial charge in [0.1, 0.15) is 13.2 Å². The van der Waals surface area contributed by atoms with E-state index in [4.69, 9.17) is 18.9 Å². The van der Waals surface area contributed by atoms with Gasteiger partial charge in [0.2, 0.25) is 0 Å². The van der Waals surface area contributed by atoms with Gasteiger partial charge in [-0.3, -0.25) is 4.79 Å². The lowest BCUT2D eigenvalue weighted by atomic mass is 10.2. The number of rotatable bonds is 13. The largest absolute Gasteiger partial charge is 0.463 e. The van der Waals surface area contributed by atoms with E-state index >= 15 is 0 Å². The van der Waals surface area contributed by atoms with Crippen LogP contribution in [0.15, 0.2) is 25.3 Å². The standard InChI is InChI=1S/C14H22O7/c1-3-5-18-7-9-20-13(16)11-12(15)14(17)21-10-8-19-6-4-2/h3-4,12,15H,1-2,5-11H2. The molecule has 0 fully saturated rings. The molecule has 120 valence electrons. The van der Waals surface area contributed by atoms with Gasteiger partial charge in [0.25, 0.3) is 0 Å². The van der Waals surface area contributed by atoms with Crippen molar-refractivity contribution in [3.63, 3.8) is 0 Å². The highest BCUT2D eigenvalue weighted by Crippen LogP contribution is 1.98. The minimum absolute atomic E-state index is 0.00578. The van der Waals surface area contributed by atoms with Gasteiger partial charge in [0, 0.05) is 0 Å². The predicted molar refractivity (Wildman–Crippen MR) is 74.6 cm³/mol. The Balaban J connectivity index is 3.66. The molecule has 0 aliphatic carbocycles. The van der Waals surface area contributed by atoms with Crippen LogP contribution in [0.5, 0.6) is 0 Å². The summed E-state index contributed by atoms with van der Waals surface area (Å²) in [6.07, 6.45) is 1.12. The van der Waals surface area contributed by atoms with E-state index in [1.54, 1.807) is 12.2 Å². The highest BCUT2D eigenvalue weighted by Gasteiger charge is 2.21. The van der Waals surface area contributed by atoms with E-state index in [0.29, 0.717) is 13.2 Å². The van der Waals surface area contributed by atoms with Crippen LogP contribution in [0.25, 0.3) is 0 Å². The summed E-state index contributed by atoms with van der Waals surface area (Å²) in [6.45, 7) is 8.08. The molecule has 0 heterocycles. The van der Waals surface area contributed by atoms with Crippen molar-refractivity contribution in [1.82, 2.24) is 0 Å². The second-order valence-corrected chi connectivity index (χ2v) is 3.84. The van der Waals surface area contributed by atoms with Gasteiger partial charge in [0.15, 0.2) is 6.10 Å². The van der Waals surface area contributed by atoms with Crippen molar-refractivity contribution < 1.29 is 33.6 Å². The fraction of sp³-hybridized carbons (Fsp3) is 0.571. The van der Waals surface area contributed by atoms with Crippen molar-refractivity contribution in [2.75, 3.05) is 39.6 Å². The fourth-order valence-corrected chi connectivity index (χ4v) is 1.15. The van der Waals surface area contributed by atoms with Crippen molar-refractivity contribution in [2.24, 2.45) is 0 Å². The Morgan fingerprint density at radius 2 is 1.48 bits per heavy atom. The molecule has 0 saturated carbocycles. The number of hydrogen-bond acceptors (Lipinski definition) is 7. The smallest absolute Gasteiger partial charge is 0.335 e. The van der Waals surface area contributed by atoms with Crippen LogP contribution in [0.1, 0.15) is 6.42 Å². The summed E-state index contributed by atoms with van der Waals surface area (Å²) in [6, 6.07) is 0. The third-order valence-electron chi connectivity index (χ3n) is 2.07. The molecule has 0 aromatic rings. The highest BCUT2D eigenvalue weighted by atomic mass is 16.6. The van der Waals surface area contributed by atoms with Crippen LogP contribution in [-0.4, -0.2) is 62.8 Å². The number of carbonyl (C=O) groups excluding carboxylic acids is 2. The molecule has 0 bridgehead atoms. The molecule has 0 saturated heterocycles. The third-order valence-corrected chi connectivity index (χ3v) is 2.07. The first-order valence-electron chi connectivity index (χ1n) is 6.49. The van der Waals surface area contributed by atoms with Gasteiger partial charge in [-0.25, -0.2) is 4.79 Å². The molecule has 0 aromatic heterocycles. The number of carbonyl (C=O) groups is 2. The Hall–Kier alpha value is -1.70. The monoisotopic (exact) mass is 302 g/mol. The lowest BCUT2D eigenvalue weighted by Gasteiger charge is -2.10. The van der Waals surface area contributed by atoms with Gasteiger partial charge in [-0.15, -0.1) is 13.2 Å².